The molecule has 1 saturated carbocycles. The number of hydrogen-bond acceptors (Lipinski definition) is 3. The maximum Gasteiger partial charge on any atom is 0.233 e. The van der Waals surface area contributed by atoms with Gasteiger partial charge in [-0.1, -0.05) is 43.0 Å². The Labute approximate surface area is 149 Å². The van der Waals surface area contributed by atoms with Crippen LogP contribution in [0.15, 0.2) is 24.3 Å². The average Bonchev–Trinajstić information content (AvgIpc) is 2.94. The fraction of sp³-hybridized carbons (Fsp3) is 0.611. The van der Waals surface area contributed by atoms with E-state index in [0.29, 0.717) is 11.4 Å². The summed E-state index contributed by atoms with van der Waals surface area (Å²) in [6.07, 6.45) is 5.30. The third kappa shape index (κ3) is 3.33. The molecule has 0 N–H and O–H groups in total. The Bertz CT molecular complexity index is 726. The zero-order chi connectivity index (χ0) is 17.4. The second-order valence-electron chi connectivity index (χ2n) is 7.13. The summed E-state index contributed by atoms with van der Waals surface area (Å²) in [5.74, 6) is 0.312. The lowest BCUT2D eigenvalue weighted by molar-refractivity contribution is -0.139. The molecule has 6 heteroatoms. The molecule has 2 fully saturated rings. The van der Waals surface area contributed by atoms with E-state index in [1.807, 2.05) is 24.3 Å². The molecule has 132 valence electrons. The van der Waals surface area contributed by atoms with Crippen LogP contribution in [0.4, 0.5) is 0 Å². The van der Waals surface area contributed by atoms with Crippen LogP contribution in [0.25, 0.3) is 0 Å². The molecule has 3 rings (SSSR count). The van der Waals surface area contributed by atoms with Crippen molar-refractivity contribution in [1.82, 2.24) is 4.90 Å². The van der Waals surface area contributed by atoms with Gasteiger partial charge in [0.2, 0.25) is 5.91 Å². The quantitative estimate of drug-likeness (QED) is 0.822. The first-order valence-corrected chi connectivity index (χ1v) is 10.8. The van der Waals surface area contributed by atoms with Crippen LogP contribution < -0.4 is 0 Å². The van der Waals surface area contributed by atoms with Crippen LogP contribution >= 0.6 is 11.6 Å². The van der Waals surface area contributed by atoms with Gasteiger partial charge in [-0.2, -0.15) is 0 Å². The maximum atomic E-state index is 13.4. The summed E-state index contributed by atoms with van der Waals surface area (Å²) in [4.78, 5) is 15.1. The number of benzene rings is 1. The highest BCUT2D eigenvalue weighted by Gasteiger charge is 2.45. The van der Waals surface area contributed by atoms with Gasteiger partial charge in [0.15, 0.2) is 9.84 Å². The van der Waals surface area contributed by atoms with Gasteiger partial charge >= 0.3 is 0 Å². The Morgan fingerprint density at radius 2 is 1.96 bits per heavy atom. The largest absolute Gasteiger partial charge is 0.341 e. The van der Waals surface area contributed by atoms with E-state index in [9.17, 15) is 13.2 Å². The monoisotopic (exact) mass is 369 g/mol. The minimum Gasteiger partial charge on any atom is -0.341 e. The van der Waals surface area contributed by atoms with Gasteiger partial charge in [-0.05, 0) is 37.0 Å². The second-order valence-corrected chi connectivity index (χ2v) is 9.79. The van der Waals surface area contributed by atoms with Crippen LogP contribution in [0.1, 0.15) is 44.1 Å². The number of likely N-dealkylation sites (N-methyl/N-ethyl adjacent to an activating group) is 1. The molecule has 4 nitrogen and oxygen atoms in total. The molecule has 0 spiro atoms. The van der Waals surface area contributed by atoms with Gasteiger partial charge in [0.05, 0.1) is 16.9 Å². The minimum absolute atomic E-state index is 0.0477. The van der Waals surface area contributed by atoms with Crippen molar-refractivity contribution >= 4 is 27.3 Å². The molecular weight excluding hydrogens is 346 g/mol. The molecule has 1 aromatic carbocycles. The number of hydrogen-bond donors (Lipinski definition) is 0. The molecular formula is C18H24ClNO3S. The minimum atomic E-state index is -3.01. The van der Waals surface area contributed by atoms with Gasteiger partial charge in [0, 0.05) is 18.1 Å². The molecule has 1 aromatic rings. The third-order valence-corrected chi connectivity index (χ3v) is 7.56. The fourth-order valence-corrected chi connectivity index (χ4v) is 6.12. The normalized spacial score (nSPS) is 25.3. The van der Waals surface area contributed by atoms with Gasteiger partial charge in [-0.3, -0.25) is 4.79 Å². The van der Waals surface area contributed by atoms with E-state index in [1.165, 1.54) is 0 Å². The number of sulfone groups is 1. The predicted octanol–water partition coefficient (Wildman–Crippen LogP) is 3.19. The molecule has 0 radical (unpaired) electrons. The van der Waals surface area contributed by atoms with Crippen molar-refractivity contribution in [3.05, 3.63) is 34.9 Å². The van der Waals surface area contributed by atoms with E-state index in [-0.39, 0.29) is 23.5 Å². The molecule has 0 aromatic heterocycles. The van der Waals surface area contributed by atoms with Crippen molar-refractivity contribution in [3.8, 4) is 0 Å². The first-order chi connectivity index (χ1) is 11.3. The zero-order valence-electron chi connectivity index (χ0n) is 14.0. The first kappa shape index (κ1) is 17.7. The van der Waals surface area contributed by atoms with Crippen molar-refractivity contribution in [1.29, 1.82) is 0 Å². The smallest absolute Gasteiger partial charge is 0.233 e. The number of nitrogens with zero attached hydrogens (tertiary/aromatic N) is 1. The highest BCUT2D eigenvalue weighted by molar-refractivity contribution is 7.91. The molecule has 1 aliphatic heterocycles. The lowest BCUT2D eigenvalue weighted by Crippen LogP contribution is -2.50. The molecule has 0 unspecified atom stereocenters. The summed E-state index contributed by atoms with van der Waals surface area (Å²) >= 11 is 6.17. The highest BCUT2D eigenvalue weighted by atomic mass is 35.5. The predicted molar refractivity (Wildman–Crippen MR) is 96.0 cm³/mol. The summed E-state index contributed by atoms with van der Waals surface area (Å²) in [5, 5.41) is 0.636. The van der Waals surface area contributed by atoms with Crippen molar-refractivity contribution in [2.75, 3.05) is 18.6 Å². The summed E-state index contributed by atoms with van der Waals surface area (Å²) in [7, 11) is -1.25. The van der Waals surface area contributed by atoms with Gasteiger partial charge in [0.25, 0.3) is 0 Å². The Kier molecular flexibility index (Phi) is 4.94. The van der Waals surface area contributed by atoms with Gasteiger partial charge in [-0.25, -0.2) is 8.42 Å². The van der Waals surface area contributed by atoms with Crippen LogP contribution in [-0.4, -0.2) is 43.8 Å². The molecule has 1 saturated heterocycles. The van der Waals surface area contributed by atoms with Gasteiger partial charge < -0.3 is 4.90 Å². The van der Waals surface area contributed by atoms with E-state index in [0.717, 1.165) is 37.7 Å². The Hall–Kier alpha value is -1.07. The number of carbonyl (C=O) groups excluding carboxylic acids is 1. The summed E-state index contributed by atoms with van der Waals surface area (Å²) in [6.45, 7) is 0. The fourth-order valence-electron chi connectivity index (χ4n) is 4.15. The standard InChI is InChI=1S/C18H24ClNO3S/c1-20(16-8-11-24(22,23)13-16)17(21)18(9-3-2-4-10-18)14-6-5-7-15(19)12-14/h5-7,12,16H,2-4,8-11,13H2,1H3/t16-/m0/s1. The molecule has 0 bridgehead atoms. The Balaban J connectivity index is 1.92. The zero-order valence-corrected chi connectivity index (χ0v) is 15.6. The Morgan fingerprint density at radius 3 is 2.54 bits per heavy atom. The molecule has 1 aliphatic carbocycles. The Morgan fingerprint density at radius 1 is 1.25 bits per heavy atom. The SMILES string of the molecule is CN(C(=O)C1(c2cccc(Cl)c2)CCCCC1)[C@H]1CCS(=O)(=O)C1. The molecule has 1 heterocycles. The van der Waals surface area contributed by atoms with Crippen LogP contribution in [0, 0.1) is 0 Å². The molecule has 1 atom stereocenters. The first-order valence-electron chi connectivity index (χ1n) is 8.58. The third-order valence-electron chi connectivity index (χ3n) is 5.57. The van der Waals surface area contributed by atoms with Crippen LogP contribution in [-0.2, 0) is 20.0 Å². The van der Waals surface area contributed by atoms with Crippen LogP contribution in [0.3, 0.4) is 0 Å². The van der Waals surface area contributed by atoms with Gasteiger partial charge in [-0.15, -0.1) is 0 Å². The van der Waals surface area contributed by atoms with Crippen LogP contribution in [0.2, 0.25) is 5.02 Å². The van der Waals surface area contributed by atoms with E-state index in [4.69, 9.17) is 11.6 Å². The van der Waals surface area contributed by atoms with Gasteiger partial charge in [0.1, 0.15) is 0 Å². The van der Waals surface area contributed by atoms with E-state index < -0.39 is 15.3 Å². The molecule has 24 heavy (non-hydrogen) atoms. The maximum absolute atomic E-state index is 13.4. The lowest BCUT2D eigenvalue weighted by Gasteiger charge is -2.40. The molecule has 1 amide bonds. The summed E-state index contributed by atoms with van der Waals surface area (Å²) in [5.41, 5.74) is 0.400. The number of amides is 1. The summed E-state index contributed by atoms with van der Waals surface area (Å²) in [6, 6.07) is 7.37. The number of rotatable bonds is 3. The highest BCUT2D eigenvalue weighted by Crippen LogP contribution is 2.42. The average molecular weight is 370 g/mol. The molecule has 2 aliphatic rings. The van der Waals surface area contributed by atoms with Crippen molar-refractivity contribution in [2.24, 2.45) is 0 Å². The van der Waals surface area contributed by atoms with E-state index in [1.54, 1.807) is 11.9 Å². The second kappa shape index (κ2) is 6.68. The summed E-state index contributed by atoms with van der Waals surface area (Å²) < 4.78 is 23.6. The van der Waals surface area contributed by atoms with Crippen molar-refractivity contribution < 1.29 is 13.2 Å². The van der Waals surface area contributed by atoms with E-state index in [2.05, 4.69) is 0 Å². The number of halogens is 1. The van der Waals surface area contributed by atoms with E-state index >= 15 is 0 Å². The van der Waals surface area contributed by atoms with Crippen molar-refractivity contribution in [2.45, 2.75) is 50.0 Å². The lowest BCUT2D eigenvalue weighted by atomic mass is 9.68. The van der Waals surface area contributed by atoms with Crippen LogP contribution in [0.5, 0.6) is 0 Å². The number of carbonyl (C=O) groups is 1. The van der Waals surface area contributed by atoms with Crippen molar-refractivity contribution in [3.63, 3.8) is 0 Å². The topological polar surface area (TPSA) is 54.5 Å².